The van der Waals surface area contributed by atoms with Crippen LogP contribution in [-0.4, -0.2) is 25.5 Å². The van der Waals surface area contributed by atoms with Crippen molar-refractivity contribution in [3.63, 3.8) is 0 Å². The number of benzene rings is 2. The molecule has 0 aliphatic carbocycles. The van der Waals surface area contributed by atoms with Crippen LogP contribution in [0.2, 0.25) is 0 Å². The summed E-state index contributed by atoms with van der Waals surface area (Å²) in [6.45, 7) is 1.73. The molecule has 2 rings (SSSR count). The lowest BCUT2D eigenvalue weighted by atomic mass is 10.2. The average Bonchev–Trinajstić information content (AvgIpc) is 2.59. The molecule has 0 spiro atoms. The number of halogens is 1. The van der Waals surface area contributed by atoms with Crippen LogP contribution in [0.25, 0.3) is 0 Å². The van der Waals surface area contributed by atoms with Crippen LogP contribution in [0, 0.1) is 6.92 Å². The number of ether oxygens (including phenoxy) is 2. The molecule has 0 fully saturated rings. The van der Waals surface area contributed by atoms with Crippen molar-refractivity contribution in [2.75, 3.05) is 13.7 Å². The van der Waals surface area contributed by atoms with E-state index in [4.69, 9.17) is 9.47 Å². The summed E-state index contributed by atoms with van der Waals surface area (Å²) in [6, 6.07) is 12.1. The van der Waals surface area contributed by atoms with Gasteiger partial charge in [0.15, 0.2) is 6.61 Å². The van der Waals surface area contributed by atoms with Crippen molar-refractivity contribution in [2.45, 2.75) is 6.92 Å². The van der Waals surface area contributed by atoms with Crippen LogP contribution in [0.4, 0.5) is 0 Å². The van der Waals surface area contributed by atoms with Crippen molar-refractivity contribution in [1.29, 1.82) is 0 Å². The number of hydrogen-bond donors (Lipinski definition) is 2. The molecule has 2 amide bonds. The van der Waals surface area contributed by atoms with Gasteiger partial charge < -0.3 is 9.47 Å². The van der Waals surface area contributed by atoms with E-state index in [2.05, 4.69) is 26.8 Å². The van der Waals surface area contributed by atoms with Crippen molar-refractivity contribution in [1.82, 2.24) is 10.9 Å². The van der Waals surface area contributed by atoms with Gasteiger partial charge in [0.25, 0.3) is 11.8 Å². The standard InChI is InChI=1S/C17H17BrN2O4/c1-11-6-7-15(14(18)8-11)24-10-16(21)19-20-17(22)12-4-3-5-13(9-12)23-2/h3-9H,10H2,1-2H3,(H,19,21)(H,20,22). The van der Waals surface area contributed by atoms with E-state index >= 15 is 0 Å². The van der Waals surface area contributed by atoms with Crippen molar-refractivity contribution >= 4 is 27.7 Å². The Morgan fingerprint density at radius 3 is 2.62 bits per heavy atom. The average molecular weight is 393 g/mol. The molecule has 0 aliphatic heterocycles. The first-order valence-corrected chi connectivity index (χ1v) is 7.91. The summed E-state index contributed by atoms with van der Waals surface area (Å²) < 4.78 is 11.2. The van der Waals surface area contributed by atoms with E-state index in [-0.39, 0.29) is 6.61 Å². The van der Waals surface area contributed by atoms with Gasteiger partial charge in [-0.1, -0.05) is 12.1 Å². The molecule has 0 radical (unpaired) electrons. The van der Waals surface area contributed by atoms with Gasteiger partial charge in [-0.05, 0) is 58.7 Å². The van der Waals surface area contributed by atoms with Crippen LogP contribution in [0.5, 0.6) is 11.5 Å². The molecule has 24 heavy (non-hydrogen) atoms. The van der Waals surface area contributed by atoms with Gasteiger partial charge in [0.2, 0.25) is 0 Å². The highest BCUT2D eigenvalue weighted by Gasteiger charge is 2.09. The first-order chi connectivity index (χ1) is 11.5. The highest BCUT2D eigenvalue weighted by atomic mass is 79.9. The fraction of sp³-hybridized carbons (Fsp3) is 0.176. The van der Waals surface area contributed by atoms with E-state index in [0.29, 0.717) is 17.1 Å². The highest BCUT2D eigenvalue weighted by Crippen LogP contribution is 2.25. The van der Waals surface area contributed by atoms with Crippen LogP contribution in [0.3, 0.4) is 0 Å². The molecular weight excluding hydrogens is 376 g/mol. The molecule has 2 N–H and O–H groups in total. The first kappa shape index (κ1) is 17.8. The minimum atomic E-state index is -0.473. The highest BCUT2D eigenvalue weighted by molar-refractivity contribution is 9.10. The summed E-state index contributed by atoms with van der Waals surface area (Å²) in [5.41, 5.74) is 6.07. The smallest absolute Gasteiger partial charge is 0.276 e. The molecular formula is C17H17BrN2O4. The van der Waals surface area contributed by atoms with Crippen molar-refractivity contribution in [2.24, 2.45) is 0 Å². The molecule has 0 heterocycles. The predicted octanol–water partition coefficient (Wildman–Crippen LogP) is 2.61. The molecule has 0 saturated carbocycles. The number of rotatable bonds is 5. The first-order valence-electron chi connectivity index (χ1n) is 7.12. The van der Waals surface area contributed by atoms with Gasteiger partial charge >= 0.3 is 0 Å². The van der Waals surface area contributed by atoms with Gasteiger partial charge in [0.05, 0.1) is 11.6 Å². The van der Waals surface area contributed by atoms with Crippen LogP contribution in [0.15, 0.2) is 46.9 Å². The summed E-state index contributed by atoms with van der Waals surface area (Å²) in [5, 5.41) is 0. The molecule has 126 valence electrons. The number of carbonyl (C=O) groups is 2. The maximum absolute atomic E-state index is 12.0. The van der Waals surface area contributed by atoms with Crippen LogP contribution in [-0.2, 0) is 4.79 Å². The predicted molar refractivity (Wildman–Crippen MR) is 93.0 cm³/mol. The van der Waals surface area contributed by atoms with Crippen molar-refractivity contribution < 1.29 is 19.1 Å². The Morgan fingerprint density at radius 2 is 1.92 bits per heavy atom. The van der Waals surface area contributed by atoms with E-state index in [9.17, 15) is 9.59 Å². The maximum Gasteiger partial charge on any atom is 0.276 e. The minimum Gasteiger partial charge on any atom is -0.497 e. The zero-order chi connectivity index (χ0) is 17.5. The summed E-state index contributed by atoms with van der Waals surface area (Å²) in [5.74, 6) is 0.189. The number of amides is 2. The molecule has 2 aromatic rings. The largest absolute Gasteiger partial charge is 0.497 e. The molecule has 0 bridgehead atoms. The fourth-order valence-electron chi connectivity index (χ4n) is 1.87. The molecule has 0 aromatic heterocycles. The fourth-order valence-corrected chi connectivity index (χ4v) is 2.47. The Hall–Kier alpha value is -2.54. The summed E-state index contributed by atoms with van der Waals surface area (Å²) in [6.07, 6.45) is 0. The normalized spacial score (nSPS) is 9.96. The lowest BCUT2D eigenvalue weighted by molar-refractivity contribution is -0.123. The van der Waals surface area contributed by atoms with E-state index in [1.807, 2.05) is 19.1 Å². The van der Waals surface area contributed by atoms with E-state index in [0.717, 1.165) is 10.0 Å². The van der Waals surface area contributed by atoms with Crippen LogP contribution in [0.1, 0.15) is 15.9 Å². The van der Waals surface area contributed by atoms with Gasteiger partial charge in [-0.25, -0.2) is 0 Å². The van der Waals surface area contributed by atoms with Crippen LogP contribution >= 0.6 is 15.9 Å². The molecule has 7 heteroatoms. The summed E-state index contributed by atoms with van der Waals surface area (Å²) in [4.78, 5) is 23.7. The summed E-state index contributed by atoms with van der Waals surface area (Å²) >= 11 is 3.37. The lowest BCUT2D eigenvalue weighted by Crippen LogP contribution is -2.43. The third-order valence-corrected chi connectivity index (χ3v) is 3.71. The third-order valence-electron chi connectivity index (χ3n) is 3.09. The molecule has 6 nitrogen and oxygen atoms in total. The molecule has 2 aromatic carbocycles. The topological polar surface area (TPSA) is 76.7 Å². The second-order valence-electron chi connectivity index (χ2n) is 4.96. The zero-order valence-electron chi connectivity index (χ0n) is 13.3. The number of hydrazine groups is 1. The molecule has 0 unspecified atom stereocenters. The monoisotopic (exact) mass is 392 g/mol. The Kier molecular flexibility index (Phi) is 6.20. The van der Waals surface area contributed by atoms with Crippen molar-refractivity contribution in [3.05, 3.63) is 58.1 Å². The number of carbonyl (C=O) groups excluding carboxylic acids is 2. The van der Waals surface area contributed by atoms with E-state index in [1.54, 1.807) is 30.3 Å². The molecule has 0 aliphatic rings. The Balaban J connectivity index is 1.83. The molecule has 0 atom stereocenters. The second-order valence-corrected chi connectivity index (χ2v) is 5.81. The van der Waals surface area contributed by atoms with Gasteiger partial charge in [0, 0.05) is 5.56 Å². The Labute approximate surface area is 148 Å². The third kappa shape index (κ3) is 4.99. The van der Waals surface area contributed by atoms with Gasteiger partial charge in [-0.3, -0.25) is 20.4 Å². The second kappa shape index (κ2) is 8.35. The number of aryl methyl sites for hydroxylation is 1. The number of methoxy groups -OCH3 is 1. The summed E-state index contributed by atoms with van der Waals surface area (Å²) in [7, 11) is 1.51. The number of hydrogen-bond acceptors (Lipinski definition) is 4. The Bertz CT molecular complexity index is 749. The molecule has 0 saturated heterocycles. The van der Waals surface area contributed by atoms with Gasteiger partial charge in [0.1, 0.15) is 11.5 Å². The van der Waals surface area contributed by atoms with E-state index < -0.39 is 11.8 Å². The number of nitrogens with one attached hydrogen (secondary N) is 2. The minimum absolute atomic E-state index is 0.222. The van der Waals surface area contributed by atoms with Gasteiger partial charge in [-0.2, -0.15) is 0 Å². The van der Waals surface area contributed by atoms with Crippen molar-refractivity contribution in [3.8, 4) is 11.5 Å². The Morgan fingerprint density at radius 1 is 1.12 bits per heavy atom. The quantitative estimate of drug-likeness (QED) is 0.766. The lowest BCUT2D eigenvalue weighted by Gasteiger charge is -2.10. The maximum atomic E-state index is 12.0. The SMILES string of the molecule is COc1cccc(C(=O)NNC(=O)COc2ccc(C)cc2Br)c1. The van der Waals surface area contributed by atoms with Crippen LogP contribution < -0.4 is 20.3 Å². The van der Waals surface area contributed by atoms with Gasteiger partial charge in [-0.15, -0.1) is 0 Å². The van der Waals surface area contributed by atoms with E-state index in [1.165, 1.54) is 7.11 Å². The zero-order valence-corrected chi connectivity index (χ0v) is 14.8.